The summed E-state index contributed by atoms with van der Waals surface area (Å²) in [6.07, 6.45) is 0. The summed E-state index contributed by atoms with van der Waals surface area (Å²) in [4.78, 5) is 11.3. The van der Waals surface area contributed by atoms with Crippen LogP contribution in [0.3, 0.4) is 0 Å². The number of rotatable bonds is 3. The topological polar surface area (TPSA) is 61.7 Å². The predicted molar refractivity (Wildman–Crippen MR) is 63.3 cm³/mol. The molecule has 4 nitrogen and oxygen atoms in total. The zero-order valence-electron chi connectivity index (χ0n) is 9.69. The third-order valence-electron chi connectivity index (χ3n) is 2.14. The average molecular weight is 220 g/mol. The van der Waals surface area contributed by atoms with Gasteiger partial charge >= 0.3 is 0 Å². The average Bonchev–Trinajstić information content (AvgIpc) is 2.26. The van der Waals surface area contributed by atoms with Gasteiger partial charge in [-0.05, 0) is 36.8 Å². The number of hydrogen-bond donors (Lipinski definition) is 2. The summed E-state index contributed by atoms with van der Waals surface area (Å²) in [5.41, 5.74) is 4.05. The van der Waals surface area contributed by atoms with Crippen molar-refractivity contribution in [3.63, 3.8) is 0 Å². The van der Waals surface area contributed by atoms with Crippen LogP contribution < -0.4 is 5.43 Å². The van der Waals surface area contributed by atoms with E-state index in [0.717, 1.165) is 5.56 Å². The molecule has 0 aliphatic carbocycles. The van der Waals surface area contributed by atoms with Gasteiger partial charge in [-0.1, -0.05) is 13.8 Å². The van der Waals surface area contributed by atoms with Gasteiger partial charge in [0.1, 0.15) is 5.75 Å². The molecule has 16 heavy (non-hydrogen) atoms. The van der Waals surface area contributed by atoms with E-state index in [2.05, 4.69) is 10.5 Å². The van der Waals surface area contributed by atoms with Crippen molar-refractivity contribution in [2.75, 3.05) is 0 Å². The van der Waals surface area contributed by atoms with Crippen molar-refractivity contribution in [3.05, 3.63) is 29.8 Å². The molecule has 0 spiro atoms. The molecule has 2 N–H and O–H groups in total. The van der Waals surface area contributed by atoms with Gasteiger partial charge in [0, 0.05) is 5.92 Å². The monoisotopic (exact) mass is 220 g/mol. The van der Waals surface area contributed by atoms with E-state index in [0.29, 0.717) is 5.71 Å². The van der Waals surface area contributed by atoms with Crippen molar-refractivity contribution in [2.24, 2.45) is 11.0 Å². The van der Waals surface area contributed by atoms with E-state index in [1.165, 1.54) is 0 Å². The molecule has 0 saturated heterocycles. The summed E-state index contributed by atoms with van der Waals surface area (Å²) in [6, 6.07) is 6.66. The van der Waals surface area contributed by atoms with Gasteiger partial charge < -0.3 is 5.11 Å². The predicted octanol–water partition coefficient (Wildman–Crippen LogP) is 1.89. The number of amides is 1. The molecule has 0 saturated carbocycles. The Morgan fingerprint density at radius 3 is 2.38 bits per heavy atom. The van der Waals surface area contributed by atoms with E-state index in [1.807, 2.05) is 0 Å². The van der Waals surface area contributed by atoms with Crippen molar-refractivity contribution in [3.8, 4) is 5.75 Å². The highest BCUT2D eigenvalue weighted by molar-refractivity contribution is 5.99. The lowest BCUT2D eigenvalue weighted by Gasteiger charge is -2.04. The largest absolute Gasteiger partial charge is 0.508 e. The van der Waals surface area contributed by atoms with Crippen LogP contribution in [0.2, 0.25) is 0 Å². The Kier molecular flexibility index (Phi) is 4.05. The minimum atomic E-state index is -0.113. The van der Waals surface area contributed by atoms with Crippen molar-refractivity contribution >= 4 is 11.6 Å². The quantitative estimate of drug-likeness (QED) is 0.603. The van der Waals surface area contributed by atoms with Crippen molar-refractivity contribution in [1.82, 2.24) is 5.43 Å². The van der Waals surface area contributed by atoms with Crippen LogP contribution >= 0.6 is 0 Å². The van der Waals surface area contributed by atoms with Gasteiger partial charge in [-0.15, -0.1) is 0 Å². The molecule has 1 amide bonds. The smallest absolute Gasteiger partial charge is 0.242 e. The Morgan fingerprint density at radius 2 is 1.88 bits per heavy atom. The molecular formula is C12H16N2O2. The van der Waals surface area contributed by atoms with Gasteiger partial charge in [0.25, 0.3) is 0 Å². The van der Waals surface area contributed by atoms with Gasteiger partial charge in [-0.2, -0.15) is 5.10 Å². The molecule has 0 aliphatic heterocycles. The fourth-order valence-electron chi connectivity index (χ4n) is 1.04. The van der Waals surface area contributed by atoms with E-state index in [1.54, 1.807) is 45.0 Å². The van der Waals surface area contributed by atoms with Crippen LogP contribution in [0.25, 0.3) is 0 Å². The van der Waals surface area contributed by atoms with Crippen molar-refractivity contribution in [2.45, 2.75) is 20.8 Å². The van der Waals surface area contributed by atoms with Gasteiger partial charge in [-0.25, -0.2) is 5.43 Å². The molecule has 0 heterocycles. The second kappa shape index (κ2) is 5.30. The molecular weight excluding hydrogens is 204 g/mol. The number of phenolic OH excluding ortho intramolecular Hbond substituents is 1. The fourth-order valence-corrected chi connectivity index (χ4v) is 1.04. The van der Waals surface area contributed by atoms with Crippen LogP contribution in [0.5, 0.6) is 5.75 Å². The Morgan fingerprint density at radius 1 is 1.31 bits per heavy atom. The molecule has 4 heteroatoms. The molecule has 0 radical (unpaired) electrons. The highest BCUT2D eigenvalue weighted by atomic mass is 16.3. The zero-order valence-corrected chi connectivity index (χ0v) is 9.69. The Hall–Kier alpha value is -1.84. The first-order chi connectivity index (χ1) is 7.50. The molecule has 0 aromatic heterocycles. The SMILES string of the molecule is C/C(=N\NC(=O)C(C)C)c1ccc(O)cc1. The minimum absolute atomic E-state index is 0.0867. The third kappa shape index (κ3) is 3.38. The first-order valence-corrected chi connectivity index (χ1v) is 5.14. The van der Waals surface area contributed by atoms with E-state index < -0.39 is 0 Å². The highest BCUT2D eigenvalue weighted by Gasteiger charge is 2.05. The van der Waals surface area contributed by atoms with Crippen molar-refractivity contribution < 1.29 is 9.90 Å². The van der Waals surface area contributed by atoms with Crippen LogP contribution in [-0.4, -0.2) is 16.7 Å². The van der Waals surface area contributed by atoms with Crippen LogP contribution in [0.1, 0.15) is 26.3 Å². The summed E-state index contributed by atoms with van der Waals surface area (Å²) in [7, 11) is 0. The summed E-state index contributed by atoms with van der Waals surface area (Å²) in [6.45, 7) is 5.41. The Bertz CT molecular complexity index is 394. The first-order valence-electron chi connectivity index (χ1n) is 5.14. The van der Waals surface area contributed by atoms with Crippen LogP contribution in [-0.2, 0) is 4.79 Å². The molecule has 0 aliphatic rings. The molecule has 0 fully saturated rings. The van der Waals surface area contributed by atoms with Crippen LogP contribution in [0.4, 0.5) is 0 Å². The summed E-state index contributed by atoms with van der Waals surface area (Å²) in [5.74, 6) is 0.0114. The number of phenols is 1. The first kappa shape index (κ1) is 12.2. The lowest BCUT2D eigenvalue weighted by molar-refractivity contribution is -0.123. The van der Waals surface area contributed by atoms with E-state index in [9.17, 15) is 4.79 Å². The second-order valence-corrected chi connectivity index (χ2v) is 3.87. The van der Waals surface area contributed by atoms with Gasteiger partial charge in [0.15, 0.2) is 0 Å². The molecule has 0 bridgehead atoms. The van der Waals surface area contributed by atoms with Crippen LogP contribution in [0.15, 0.2) is 29.4 Å². The number of hydrogen-bond acceptors (Lipinski definition) is 3. The second-order valence-electron chi connectivity index (χ2n) is 3.87. The minimum Gasteiger partial charge on any atom is -0.508 e. The number of hydrazone groups is 1. The number of carbonyl (C=O) groups excluding carboxylic acids is 1. The Labute approximate surface area is 95.0 Å². The van der Waals surface area contributed by atoms with Crippen molar-refractivity contribution in [1.29, 1.82) is 0 Å². The maximum Gasteiger partial charge on any atom is 0.242 e. The van der Waals surface area contributed by atoms with Crippen LogP contribution in [0, 0.1) is 5.92 Å². The number of nitrogens with one attached hydrogen (secondary N) is 1. The highest BCUT2D eigenvalue weighted by Crippen LogP contribution is 2.10. The number of benzene rings is 1. The number of aromatic hydroxyl groups is 1. The Balaban J connectivity index is 2.70. The number of carbonyl (C=O) groups is 1. The van der Waals surface area contributed by atoms with E-state index in [-0.39, 0.29) is 17.6 Å². The molecule has 1 aromatic carbocycles. The number of nitrogens with zero attached hydrogens (tertiary/aromatic N) is 1. The normalized spacial score (nSPS) is 11.6. The molecule has 0 unspecified atom stereocenters. The summed E-state index contributed by atoms with van der Waals surface area (Å²) >= 11 is 0. The standard InChI is InChI=1S/C12H16N2O2/c1-8(2)12(16)14-13-9(3)10-4-6-11(15)7-5-10/h4-8,15H,1-3H3,(H,14,16)/b13-9+. The van der Waals surface area contributed by atoms with E-state index >= 15 is 0 Å². The summed E-state index contributed by atoms with van der Waals surface area (Å²) < 4.78 is 0. The summed E-state index contributed by atoms with van der Waals surface area (Å²) in [5, 5.41) is 13.1. The molecule has 0 atom stereocenters. The zero-order chi connectivity index (χ0) is 12.1. The third-order valence-corrected chi connectivity index (χ3v) is 2.14. The lowest BCUT2D eigenvalue weighted by atomic mass is 10.1. The van der Waals surface area contributed by atoms with E-state index in [4.69, 9.17) is 5.11 Å². The van der Waals surface area contributed by atoms with Gasteiger partial charge in [0.2, 0.25) is 5.91 Å². The molecule has 86 valence electrons. The molecule has 1 rings (SSSR count). The molecule has 1 aromatic rings. The fraction of sp³-hybridized carbons (Fsp3) is 0.333. The van der Waals surface area contributed by atoms with Gasteiger partial charge in [0.05, 0.1) is 5.71 Å². The van der Waals surface area contributed by atoms with Gasteiger partial charge in [-0.3, -0.25) is 4.79 Å². The maximum absolute atomic E-state index is 11.3. The lowest BCUT2D eigenvalue weighted by Crippen LogP contribution is -2.23. The maximum atomic E-state index is 11.3.